The Hall–Kier alpha value is -1.75. The molecule has 0 bridgehead atoms. The van der Waals surface area contributed by atoms with E-state index in [1.807, 2.05) is 0 Å². The van der Waals surface area contributed by atoms with Crippen LogP contribution < -0.4 is 0 Å². The van der Waals surface area contributed by atoms with Crippen molar-refractivity contribution < 1.29 is 4.79 Å². The van der Waals surface area contributed by atoms with Crippen molar-refractivity contribution in [3.8, 4) is 0 Å². The summed E-state index contributed by atoms with van der Waals surface area (Å²) in [5.74, 6) is 1.30. The van der Waals surface area contributed by atoms with E-state index in [4.69, 9.17) is 0 Å². The highest BCUT2D eigenvalue weighted by molar-refractivity contribution is 5.76. The average Bonchev–Trinajstić information content (AvgIpc) is 2.81. The van der Waals surface area contributed by atoms with Gasteiger partial charge < -0.3 is 4.90 Å². The molecule has 18 heavy (non-hydrogen) atoms. The first-order valence-corrected chi connectivity index (χ1v) is 6.26. The van der Waals surface area contributed by atoms with Crippen molar-refractivity contribution in [2.24, 2.45) is 0 Å². The molecule has 0 N–H and O–H groups in total. The third kappa shape index (κ3) is 2.01. The van der Waals surface area contributed by atoms with E-state index in [0.29, 0.717) is 11.5 Å². The maximum absolute atomic E-state index is 10.7. The van der Waals surface area contributed by atoms with Gasteiger partial charge in [0.15, 0.2) is 11.5 Å². The van der Waals surface area contributed by atoms with E-state index in [0.717, 1.165) is 37.3 Å². The van der Waals surface area contributed by atoms with Gasteiger partial charge in [0.1, 0.15) is 6.29 Å². The van der Waals surface area contributed by atoms with E-state index in [2.05, 4.69) is 22.0 Å². The van der Waals surface area contributed by atoms with Gasteiger partial charge in [-0.3, -0.25) is 4.79 Å². The first-order chi connectivity index (χ1) is 8.76. The molecule has 0 amide bonds. The van der Waals surface area contributed by atoms with Crippen LogP contribution in [0.1, 0.15) is 34.9 Å². The highest BCUT2D eigenvalue weighted by Gasteiger charge is 2.22. The largest absolute Gasteiger partial charge is 0.306 e. The molecular weight excluding hydrogens is 228 g/mol. The molecule has 1 aliphatic rings. The van der Waals surface area contributed by atoms with Gasteiger partial charge in [0, 0.05) is 24.2 Å². The summed E-state index contributed by atoms with van der Waals surface area (Å²) in [5.41, 5.74) is 1.39. The highest BCUT2D eigenvalue weighted by atomic mass is 16.1. The fourth-order valence-corrected chi connectivity index (χ4v) is 2.54. The lowest BCUT2D eigenvalue weighted by Crippen LogP contribution is -2.31. The molecule has 0 spiro atoms. The number of hydrogen-bond donors (Lipinski definition) is 0. The van der Waals surface area contributed by atoms with Gasteiger partial charge >= 0.3 is 0 Å². The quantitative estimate of drug-likeness (QED) is 0.748. The van der Waals surface area contributed by atoms with Crippen LogP contribution in [0.3, 0.4) is 0 Å². The minimum Gasteiger partial charge on any atom is -0.306 e. The van der Waals surface area contributed by atoms with E-state index < -0.39 is 0 Å². The second kappa shape index (κ2) is 4.49. The van der Waals surface area contributed by atoms with Crippen LogP contribution in [0.25, 0.3) is 5.65 Å². The van der Waals surface area contributed by atoms with Crippen LogP contribution in [-0.2, 0) is 0 Å². The molecule has 1 fully saturated rings. The maximum atomic E-state index is 10.7. The molecule has 0 aromatic carbocycles. The van der Waals surface area contributed by atoms with Gasteiger partial charge in [-0.15, -0.1) is 0 Å². The molecule has 3 rings (SSSR count). The van der Waals surface area contributed by atoms with Crippen molar-refractivity contribution in [2.45, 2.75) is 18.8 Å². The van der Waals surface area contributed by atoms with Crippen molar-refractivity contribution in [1.29, 1.82) is 0 Å². The van der Waals surface area contributed by atoms with E-state index >= 15 is 0 Å². The smallest absolute Gasteiger partial charge is 0.156 e. The topological polar surface area (TPSA) is 50.5 Å². The molecular formula is C13H16N4O. The molecule has 0 radical (unpaired) electrons. The number of pyridine rings is 1. The minimum absolute atomic E-state index is 0.406. The summed E-state index contributed by atoms with van der Waals surface area (Å²) in [5, 5.41) is 4.51. The summed E-state index contributed by atoms with van der Waals surface area (Å²) in [7, 11) is 2.13. The monoisotopic (exact) mass is 244 g/mol. The molecule has 0 saturated carbocycles. The third-order valence-corrected chi connectivity index (χ3v) is 3.50. The van der Waals surface area contributed by atoms with Gasteiger partial charge in [-0.25, -0.2) is 9.50 Å². The van der Waals surface area contributed by atoms with E-state index in [1.54, 1.807) is 22.8 Å². The van der Waals surface area contributed by atoms with Crippen LogP contribution in [-0.4, -0.2) is 45.9 Å². The lowest BCUT2D eigenvalue weighted by molar-refractivity contribution is 0.112. The zero-order valence-electron chi connectivity index (χ0n) is 10.4. The summed E-state index contributed by atoms with van der Waals surface area (Å²) < 4.78 is 1.75. The number of fused-ring (bicyclic) bond motifs is 1. The molecule has 2 aromatic rings. The van der Waals surface area contributed by atoms with Crippen molar-refractivity contribution in [3.05, 3.63) is 29.7 Å². The first kappa shape index (κ1) is 11.3. The van der Waals surface area contributed by atoms with Crippen LogP contribution in [0.4, 0.5) is 0 Å². The molecule has 1 aliphatic heterocycles. The number of nitrogens with zero attached hydrogens (tertiary/aromatic N) is 4. The first-order valence-electron chi connectivity index (χ1n) is 6.26. The maximum Gasteiger partial charge on any atom is 0.156 e. The van der Waals surface area contributed by atoms with E-state index in [9.17, 15) is 4.79 Å². The van der Waals surface area contributed by atoms with Crippen molar-refractivity contribution in [2.75, 3.05) is 20.1 Å². The molecule has 0 aliphatic carbocycles. The Morgan fingerprint density at radius 2 is 2.39 bits per heavy atom. The van der Waals surface area contributed by atoms with Crippen LogP contribution in [0.15, 0.2) is 18.3 Å². The second-order valence-corrected chi connectivity index (χ2v) is 4.95. The Labute approximate surface area is 105 Å². The lowest BCUT2D eigenvalue weighted by atomic mass is 9.98. The molecule has 94 valence electrons. The molecule has 5 heteroatoms. The van der Waals surface area contributed by atoms with Crippen LogP contribution in [0.5, 0.6) is 0 Å². The van der Waals surface area contributed by atoms with Crippen molar-refractivity contribution in [3.63, 3.8) is 0 Å². The van der Waals surface area contributed by atoms with Gasteiger partial charge in [0.25, 0.3) is 0 Å². The Morgan fingerprint density at radius 1 is 1.50 bits per heavy atom. The molecule has 5 nitrogen and oxygen atoms in total. The number of aromatic nitrogens is 3. The predicted octanol–water partition coefficient (Wildman–Crippen LogP) is 1.35. The number of carbonyl (C=O) groups excluding carboxylic acids is 1. The summed E-state index contributed by atoms with van der Waals surface area (Å²) in [6.45, 7) is 2.16. The van der Waals surface area contributed by atoms with Gasteiger partial charge in [-0.2, -0.15) is 5.10 Å². The SMILES string of the molecule is CN1CCCC(c2nc3cc(C=O)ccn3n2)C1. The van der Waals surface area contributed by atoms with Gasteiger partial charge in [0.05, 0.1) is 0 Å². The van der Waals surface area contributed by atoms with Crippen LogP contribution in [0.2, 0.25) is 0 Å². The third-order valence-electron chi connectivity index (χ3n) is 3.50. The Balaban J connectivity index is 1.94. The molecule has 3 heterocycles. The van der Waals surface area contributed by atoms with Crippen LogP contribution >= 0.6 is 0 Å². The van der Waals surface area contributed by atoms with Gasteiger partial charge in [-0.1, -0.05) is 0 Å². The van der Waals surface area contributed by atoms with Crippen LogP contribution in [0, 0.1) is 0 Å². The van der Waals surface area contributed by atoms with E-state index in [1.165, 1.54) is 6.42 Å². The van der Waals surface area contributed by atoms with Crippen molar-refractivity contribution in [1.82, 2.24) is 19.5 Å². The molecule has 1 unspecified atom stereocenters. The number of rotatable bonds is 2. The number of piperidine rings is 1. The number of hydrogen-bond acceptors (Lipinski definition) is 4. The Bertz CT molecular complexity index is 577. The Kier molecular flexibility index (Phi) is 2.83. The summed E-state index contributed by atoms with van der Waals surface area (Å²) >= 11 is 0. The van der Waals surface area contributed by atoms with Crippen molar-refractivity contribution >= 4 is 11.9 Å². The predicted molar refractivity (Wildman–Crippen MR) is 67.8 cm³/mol. The fraction of sp³-hybridized carbons (Fsp3) is 0.462. The summed E-state index contributed by atoms with van der Waals surface area (Å²) in [6.07, 6.45) is 4.96. The average molecular weight is 244 g/mol. The molecule has 2 aromatic heterocycles. The zero-order valence-corrected chi connectivity index (χ0v) is 10.4. The molecule has 1 atom stereocenters. The van der Waals surface area contributed by atoms with Gasteiger partial charge in [0.2, 0.25) is 0 Å². The van der Waals surface area contributed by atoms with Gasteiger partial charge in [-0.05, 0) is 38.6 Å². The number of carbonyl (C=O) groups is 1. The highest BCUT2D eigenvalue weighted by Crippen LogP contribution is 2.24. The number of likely N-dealkylation sites (N-methyl/N-ethyl adjacent to an activating group) is 1. The minimum atomic E-state index is 0.406. The lowest BCUT2D eigenvalue weighted by Gasteiger charge is -2.27. The van der Waals surface area contributed by atoms with E-state index in [-0.39, 0.29) is 0 Å². The number of aldehydes is 1. The summed E-state index contributed by atoms with van der Waals surface area (Å²) in [6, 6.07) is 3.53. The second-order valence-electron chi connectivity index (χ2n) is 4.95. The zero-order chi connectivity index (χ0) is 12.5. The number of likely N-dealkylation sites (tertiary alicyclic amines) is 1. The Morgan fingerprint density at radius 3 is 3.17 bits per heavy atom. The normalized spacial score (nSPS) is 21.3. The fourth-order valence-electron chi connectivity index (χ4n) is 2.54. The molecule has 1 saturated heterocycles. The standard InChI is InChI=1S/C13H16N4O/c1-16-5-2-3-11(8-16)13-14-12-7-10(9-18)4-6-17(12)15-13/h4,6-7,9,11H,2-3,5,8H2,1H3. The summed E-state index contributed by atoms with van der Waals surface area (Å²) in [4.78, 5) is 17.6.